The van der Waals surface area contributed by atoms with Gasteiger partial charge in [-0.3, -0.25) is 0 Å². The number of carbonyl (C=O) groups is 1. The van der Waals surface area contributed by atoms with E-state index in [-0.39, 0.29) is 12.6 Å². The van der Waals surface area contributed by atoms with Crippen molar-refractivity contribution in [3.05, 3.63) is 17.2 Å². The first-order valence-corrected chi connectivity index (χ1v) is 6.48. The summed E-state index contributed by atoms with van der Waals surface area (Å²) in [5, 5.41) is 0. The molecule has 1 heterocycles. The van der Waals surface area contributed by atoms with Crippen LogP contribution in [-0.2, 0) is 11.3 Å². The normalized spacial score (nSPS) is 12.9. The molecule has 1 aliphatic rings. The van der Waals surface area contributed by atoms with E-state index in [0.29, 0.717) is 42.6 Å². The minimum atomic E-state index is -0.373. The first-order valence-electron chi connectivity index (χ1n) is 6.48. The summed E-state index contributed by atoms with van der Waals surface area (Å²) in [7, 11) is 0. The van der Waals surface area contributed by atoms with Crippen LogP contribution in [0.4, 0.5) is 0 Å². The van der Waals surface area contributed by atoms with Crippen LogP contribution in [0.5, 0.6) is 17.2 Å². The van der Waals surface area contributed by atoms with Crippen LogP contribution in [0.25, 0.3) is 0 Å². The molecular weight excluding hydrogens is 248 g/mol. The standard InChI is InChI=1S/C14H18O5/c1-4-16-10-7-9-8-19-14(15)11(9)13(18-6-3)12(10)17-5-2/h7H,4-6,8H2,1-3H3. The quantitative estimate of drug-likeness (QED) is 0.741. The molecule has 1 aliphatic heterocycles. The molecule has 104 valence electrons. The summed E-state index contributed by atoms with van der Waals surface area (Å²) in [6, 6.07) is 1.79. The van der Waals surface area contributed by atoms with Gasteiger partial charge in [-0.05, 0) is 26.8 Å². The van der Waals surface area contributed by atoms with Gasteiger partial charge >= 0.3 is 5.97 Å². The van der Waals surface area contributed by atoms with Crippen molar-refractivity contribution in [2.75, 3.05) is 19.8 Å². The van der Waals surface area contributed by atoms with Crippen molar-refractivity contribution in [2.45, 2.75) is 27.4 Å². The number of hydrogen-bond donors (Lipinski definition) is 0. The molecule has 1 aromatic carbocycles. The summed E-state index contributed by atoms with van der Waals surface area (Å²) < 4.78 is 21.8. The zero-order valence-corrected chi connectivity index (χ0v) is 11.4. The predicted molar refractivity (Wildman–Crippen MR) is 69.1 cm³/mol. The predicted octanol–water partition coefficient (Wildman–Crippen LogP) is 2.55. The number of fused-ring (bicyclic) bond motifs is 1. The molecule has 0 saturated heterocycles. The summed E-state index contributed by atoms with van der Waals surface area (Å²) in [6.45, 7) is 7.29. The molecule has 0 atom stereocenters. The van der Waals surface area contributed by atoms with Crippen molar-refractivity contribution in [2.24, 2.45) is 0 Å². The lowest BCUT2D eigenvalue weighted by atomic mass is 10.1. The van der Waals surface area contributed by atoms with E-state index < -0.39 is 0 Å². The van der Waals surface area contributed by atoms with Crippen LogP contribution in [0.3, 0.4) is 0 Å². The molecule has 5 heteroatoms. The Morgan fingerprint density at radius 3 is 2.32 bits per heavy atom. The number of esters is 1. The van der Waals surface area contributed by atoms with E-state index >= 15 is 0 Å². The van der Waals surface area contributed by atoms with Crippen LogP contribution in [-0.4, -0.2) is 25.8 Å². The molecule has 0 saturated carbocycles. The Labute approximate surface area is 112 Å². The van der Waals surface area contributed by atoms with Crippen LogP contribution in [0.1, 0.15) is 36.7 Å². The molecule has 0 N–H and O–H groups in total. The molecule has 0 radical (unpaired) electrons. The van der Waals surface area contributed by atoms with E-state index in [1.165, 1.54) is 0 Å². The lowest BCUT2D eigenvalue weighted by Crippen LogP contribution is -2.07. The van der Waals surface area contributed by atoms with Crippen molar-refractivity contribution in [1.29, 1.82) is 0 Å². The Morgan fingerprint density at radius 2 is 1.68 bits per heavy atom. The Morgan fingerprint density at radius 1 is 1.05 bits per heavy atom. The molecule has 0 aromatic heterocycles. The van der Waals surface area contributed by atoms with Gasteiger partial charge in [0.1, 0.15) is 12.2 Å². The van der Waals surface area contributed by atoms with E-state index in [0.717, 1.165) is 5.56 Å². The topological polar surface area (TPSA) is 54.0 Å². The minimum absolute atomic E-state index is 0.251. The SMILES string of the molecule is CCOc1cc2c(c(OCC)c1OCC)C(=O)OC2. The maximum Gasteiger partial charge on any atom is 0.342 e. The highest BCUT2D eigenvalue weighted by atomic mass is 16.6. The largest absolute Gasteiger partial charge is 0.490 e. The average molecular weight is 266 g/mol. The van der Waals surface area contributed by atoms with Crippen LogP contribution in [0.15, 0.2) is 6.07 Å². The summed E-state index contributed by atoms with van der Waals surface area (Å²) in [5.74, 6) is 1.11. The molecule has 0 aliphatic carbocycles. The van der Waals surface area contributed by atoms with Gasteiger partial charge in [-0.15, -0.1) is 0 Å². The fourth-order valence-electron chi connectivity index (χ4n) is 2.05. The second kappa shape index (κ2) is 5.82. The van der Waals surface area contributed by atoms with Crippen molar-refractivity contribution in [3.63, 3.8) is 0 Å². The van der Waals surface area contributed by atoms with Crippen molar-refractivity contribution in [1.82, 2.24) is 0 Å². The fourth-order valence-corrected chi connectivity index (χ4v) is 2.05. The lowest BCUT2D eigenvalue weighted by molar-refractivity contribution is 0.0532. The molecule has 0 spiro atoms. The van der Waals surface area contributed by atoms with Crippen LogP contribution < -0.4 is 14.2 Å². The third-order valence-corrected chi connectivity index (χ3v) is 2.72. The monoisotopic (exact) mass is 266 g/mol. The highest BCUT2D eigenvalue weighted by Crippen LogP contribution is 2.45. The molecule has 5 nitrogen and oxygen atoms in total. The first-order chi connectivity index (χ1) is 9.22. The molecule has 0 amide bonds. The Bertz CT molecular complexity index is 481. The molecule has 1 aromatic rings. The number of rotatable bonds is 6. The zero-order chi connectivity index (χ0) is 13.8. The number of ether oxygens (including phenoxy) is 4. The van der Waals surface area contributed by atoms with Gasteiger partial charge in [0.15, 0.2) is 11.5 Å². The highest BCUT2D eigenvalue weighted by Gasteiger charge is 2.31. The van der Waals surface area contributed by atoms with E-state index in [9.17, 15) is 4.79 Å². The second-order valence-electron chi connectivity index (χ2n) is 3.94. The van der Waals surface area contributed by atoms with E-state index in [1.807, 2.05) is 20.8 Å². The van der Waals surface area contributed by atoms with Gasteiger partial charge in [-0.2, -0.15) is 0 Å². The van der Waals surface area contributed by atoms with E-state index in [4.69, 9.17) is 18.9 Å². The lowest BCUT2D eigenvalue weighted by Gasteiger charge is -2.17. The first kappa shape index (κ1) is 13.5. The fraction of sp³-hybridized carbons (Fsp3) is 0.500. The highest BCUT2D eigenvalue weighted by molar-refractivity contribution is 5.98. The van der Waals surface area contributed by atoms with Gasteiger partial charge in [0, 0.05) is 5.56 Å². The summed E-state index contributed by atoms with van der Waals surface area (Å²) in [6.07, 6.45) is 0. The second-order valence-corrected chi connectivity index (χ2v) is 3.94. The third-order valence-electron chi connectivity index (χ3n) is 2.72. The third kappa shape index (κ3) is 2.45. The van der Waals surface area contributed by atoms with Crippen LogP contribution in [0, 0.1) is 0 Å². The van der Waals surface area contributed by atoms with Gasteiger partial charge in [0.05, 0.1) is 19.8 Å². The molecule has 0 fully saturated rings. The average Bonchev–Trinajstić information content (AvgIpc) is 2.75. The maximum atomic E-state index is 11.8. The smallest absolute Gasteiger partial charge is 0.342 e. The summed E-state index contributed by atoms with van der Waals surface area (Å²) in [4.78, 5) is 11.8. The number of hydrogen-bond acceptors (Lipinski definition) is 5. The van der Waals surface area contributed by atoms with Gasteiger partial charge in [0.2, 0.25) is 5.75 Å². The zero-order valence-electron chi connectivity index (χ0n) is 11.4. The van der Waals surface area contributed by atoms with Gasteiger partial charge < -0.3 is 18.9 Å². The number of benzene rings is 1. The van der Waals surface area contributed by atoms with Gasteiger partial charge in [-0.25, -0.2) is 4.79 Å². The summed E-state index contributed by atoms with van der Waals surface area (Å²) >= 11 is 0. The molecular formula is C14H18O5. The minimum Gasteiger partial charge on any atom is -0.490 e. The van der Waals surface area contributed by atoms with Crippen LogP contribution >= 0.6 is 0 Å². The number of cyclic esters (lactones) is 1. The van der Waals surface area contributed by atoms with Crippen molar-refractivity contribution in [3.8, 4) is 17.2 Å². The van der Waals surface area contributed by atoms with E-state index in [1.54, 1.807) is 6.07 Å². The van der Waals surface area contributed by atoms with Gasteiger partial charge in [0.25, 0.3) is 0 Å². The summed E-state index contributed by atoms with van der Waals surface area (Å²) in [5.41, 5.74) is 1.23. The number of carbonyl (C=O) groups excluding carboxylic acids is 1. The van der Waals surface area contributed by atoms with Crippen LogP contribution in [0.2, 0.25) is 0 Å². The Kier molecular flexibility index (Phi) is 4.14. The molecule has 0 unspecified atom stereocenters. The Hall–Kier alpha value is -1.91. The molecule has 2 rings (SSSR count). The van der Waals surface area contributed by atoms with Crippen molar-refractivity contribution < 1.29 is 23.7 Å². The van der Waals surface area contributed by atoms with E-state index in [2.05, 4.69) is 0 Å². The van der Waals surface area contributed by atoms with Crippen molar-refractivity contribution >= 4 is 5.97 Å². The Balaban J connectivity index is 2.58. The molecule has 0 bridgehead atoms. The maximum absolute atomic E-state index is 11.8. The molecule has 19 heavy (non-hydrogen) atoms. The van der Waals surface area contributed by atoms with Gasteiger partial charge in [-0.1, -0.05) is 0 Å².